The summed E-state index contributed by atoms with van der Waals surface area (Å²) in [6.45, 7) is 7.29. The number of benzene rings is 1. The molecule has 1 fully saturated rings. The van der Waals surface area contributed by atoms with E-state index in [2.05, 4.69) is 10.3 Å². The molecule has 1 aliphatic rings. The van der Waals surface area contributed by atoms with Crippen molar-refractivity contribution < 1.29 is 17.9 Å². The molecule has 0 unspecified atom stereocenters. The maximum Gasteiger partial charge on any atom is 0.262 e. The van der Waals surface area contributed by atoms with Crippen LogP contribution in [-0.4, -0.2) is 47.9 Å². The van der Waals surface area contributed by atoms with Crippen molar-refractivity contribution in [2.75, 3.05) is 19.7 Å². The Hall–Kier alpha value is -2.39. The summed E-state index contributed by atoms with van der Waals surface area (Å²) in [5.74, 6) is 0.211. The third kappa shape index (κ3) is 5.02. The summed E-state index contributed by atoms with van der Waals surface area (Å²) in [6, 6.07) is 7.70. The number of ether oxygens (including phenoxy) is 1. The minimum Gasteiger partial charge on any atom is -0.494 e. The fraction of sp³-hybridized carbons (Fsp3) is 0.524. The van der Waals surface area contributed by atoms with E-state index in [1.165, 1.54) is 10.6 Å². The molecular formula is C21H30N4O4S. The van der Waals surface area contributed by atoms with Crippen LogP contribution in [0, 0.1) is 5.92 Å². The molecule has 1 atom stereocenters. The van der Waals surface area contributed by atoms with Crippen LogP contribution in [0.1, 0.15) is 45.2 Å². The van der Waals surface area contributed by atoms with E-state index in [1.807, 2.05) is 45.0 Å². The zero-order valence-electron chi connectivity index (χ0n) is 17.7. The van der Waals surface area contributed by atoms with Crippen LogP contribution in [0.5, 0.6) is 5.75 Å². The Morgan fingerprint density at radius 3 is 2.80 bits per heavy atom. The predicted octanol–water partition coefficient (Wildman–Crippen LogP) is 2.58. The molecule has 2 aromatic rings. The van der Waals surface area contributed by atoms with Gasteiger partial charge in [-0.25, -0.2) is 13.4 Å². The lowest BCUT2D eigenvalue weighted by Crippen LogP contribution is -2.45. The monoisotopic (exact) mass is 434 g/mol. The van der Waals surface area contributed by atoms with Crippen molar-refractivity contribution in [1.29, 1.82) is 0 Å². The van der Waals surface area contributed by atoms with Crippen molar-refractivity contribution in [3.8, 4) is 5.75 Å². The van der Waals surface area contributed by atoms with Crippen molar-refractivity contribution in [3.05, 3.63) is 42.4 Å². The first kappa shape index (κ1) is 22.3. The van der Waals surface area contributed by atoms with Crippen LogP contribution in [0.15, 0.2) is 41.8 Å². The van der Waals surface area contributed by atoms with Gasteiger partial charge >= 0.3 is 0 Å². The number of nitrogens with zero attached hydrogens (tertiary/aromatic N) is 3. The number of aromatic nitrogens is 2. The van der Waals surface area contributed by atoms with E-state index in [-0.39, 0.29) is 29.4 Å². The Balaban J connectivity index is 1.64. The molecule has 9 heteroatoms. The number of hydrogen-bond donors (Lipinski definition) is 1. The maximum absolute atomic E-state index is 13.0. The van der Waals surface area contributed by atoms with Crippen LogP contribution in [0.2, 0.25) is 0 Å². The Bertz CT molecular complexity index is 971. The Kier molecular flexibility index (Phi) is 7.14. The highest BCUT2D eigenvalue weighted by Crippen LogP contribution is 2.24. The van der Waals surface area contributed by atoms with Gasteiger partial charge in [-0.1, -0.05) is 18.2 Å². The van der Waals surface area contributed by atoms with Crippen LogP contribution in [0.25, 0.3) is 0 Å². The van der Waals surface area contributed by atoms with Gasteiger partial charge in [-0.15, -0.1) is 0 Å². The average Bonchev–Trinajstić information content (AvgIpc) is 3.25. The fourth-order valence-corrected chi connectivity index (χ4v) is 4.96. The van der Waals surface area contributed by atoms with E-state index >= 15 is 0 Å². The first-order chi connectivity index (χ1) is 14.3. The van der Waals surface area contributed by atoms with Crippen molar-refractivity contribution in [1.82, 2.24) is 19.2 Å². The lowest BCUT2D eigenvalue weighted by atomic mass is 9.98. The smallest absolute Gasteiger partial charge is 0.262 e. The number of imidazole rings is 1. The average molecular weight is 435 g/mol. The molecule has 8 nitrogen and oxygen atoms in total. The molecule has 0 radical (unpaired) electrons. The maximum atomic E-state index is 13.0. The number of rotatable bonds is 8. The highest BCUT2D eigenvalue weighted by Gasteiger charge is 2.34. The first-order valence-corrected chi connectivity index (χ1v) is 11.8. The van der Waals surface area contributed by atoms with Gasteiger partial charge in [0.2, 0.25) is 5.91 Å². The number of sulfonamides is 1. The van der Waals surface area contributed by atoms with E-state index in [4.69, 9.17) is 4.74 Å². The molecule has 1 N–H and O–H groups in total. The first-order valence-electron chi connectivity index (χ1n) is 10.3. The van der Waals surface area contributed by atoms with Gasteiger partial charge in [-0.2, -0.15) is 4.31 Å². The van der Waals surface area contributed by atoms with Crippen molar-refractivity contribution in [3.63, 3.8) is 0 Å². The van der Waals surface area contributed by atoms with E-state index < -0.39 is 10.0 Å². The molecule has 1 aromatic carbocycles. The summed E-state index contributed by atoms with van der Waals surface area (Å²) in [5.41, 5.74) is 0.896. The highest BCUT2D eigenvalue weighted by atomic mass is 32.2. The molecule has 0 spiro atoms. The summed E-state index contributed by atoms with van der Waals surface area (Å²) in [4.78, 5) is 16.8. The van der Waals surface area contributed by atoms with Gasteiger partial charge in [0.05, 0.1) is 18.9 Å². The largest absolute Gasteiger partial charge is 0.494 e. The summed E-state index contributed by atoms with van der Waals surface area (Å²) >= 11 is 0. The van der Waals surface area contributed by atoms with Crippen LogP contribution in [0.3, 0.4) is 0 Å². The topological polar surface area (TPSA) is 93.5 Å². The second-order valence-corrected chi connectivity index (χ2v) is 9.60. The molecule has 0 bridgehead atoms. The zero-order chi connectivity index (χ0) is 21.7. The standard InChI is InChI=1S/C21H30N4O4S/c1-4-29-19-10-6-5-8-17(19)12-22-21(26)18-9-7-11-25(13-18)30(27,28)20-14-24(15-23-20)16(2)3/h5-6,8,10,14-16,18H,4,7,9,11-13H2,1-3H3,(H,22,26)/t18-/m1/s1. The molecule has 1 aromatic heterocycles. The lowest BCUT2D eigenvalue weighted by molar-refractivity contribution is -0.126. The van der Waals surface area contributed by atoms with Gasteiger partial charge in [0.15, 0.2) is 5.03 Å². The molecule has 1 aliphatic heterocycles. The molecule has 1 saturated heterocycles. The van der Waals surface area contributed by atoms with E-state index in [0.717, 1.165) is 11.3 Å². The van der Waals surface area contributed by atoms with Crippen LogP contribution in [-0.2, 0) is 21.4 Å². The second-order valence-electron chi connectivity index (χ2n) is 7.71. The van der Waals surface area contributed by atoms with Gasteiger partial charge in [0.25, 0.3) is 10.0 Å². The predicted molar refractivity (Wildman–Crippen MR) is 114 cm³/mol. The number of carbonyl (C=O) groups excluding carboxylic acids is 1. The Morgan fingerprint density at radius 2 is 2.10 bits per heavy atom. The highest BCUT2D eigenvalue weighted by molar-refractivity contribution is 7.89. The van der Waals surface area contributed by atoms with Crippen molar-refractivity contribution in [2.24, 2.45) is 5.92 Å². The number of para-hydroxylation sites is 1. The van der Waals surface area contributed by atoms with Crippen LogP contribution < -0.4 is 10.1 Å². The molecule has 2 heterocycles. The summed E-state index contributed by atoms with van der Waals surface area (Å²) < 4.78 is 34.7. The summed E-state index contributed by atoms with van der Waals surface area (Å²) in [6.07, 6.45) is 4.37. The molecular weight excluding hydrogens is 404 g/mol. The molecule has 0 aliphatic carbocycles. The quantitative estimate of drug-likeness (QED) is 0.689. The third-order valence-electron chi connectivity index (χ3n) is 5.26. The number of carbonyl (C=O) groups is 1. The molecule has 1 amide bonds. The SMILES string of the molecule is CCOc1ccccc1CNC(=O)[C@@H]1CCCN(S(=O)(=O)c2cn(C(C)C)cn2)C1. The molecule has 30 heavy (non-hydrogen) atoms. The van der Waals surface area contributed by atoms with Gasteiger partial charge in [0, 0.05) is 37.4 Å². The fourth-order valence-electron chi connectivity index (χ4n) is 3.51. The van der Waals surface area contributed by atoms with Gasteiger partial charge in [0.1, 0.15) is 5.75 Å². The molecule has 0 saturated carbocycles. The van der Waals surface area contributed by atoms with Crippen molar-refractivity contribution >= 4 is 15.9 Å². The lowest BCUT2D eigenvalue weighted by Gasteiger charge is -2.30. The number of amides is 1. The Morgan fingerprint density at radius 1 is 1.33 bits per heavy atom. The van der Waals surface area contributed by atoms with Crippen molar-refractivity contribution in [2.45, 2.75) is 51.2 Å². The zero-order valence-corrected chi connectivity index (χ0v) is 18.6. The number of nitrogens with one attached hydrogen (secondary N) is 1. The Labute approximate surface area is 178 Å². The molecule has 3 rings (SSSR count). The van der Waals surface area contributed by atoms with Crippen LogP contribution >= 0.6 is 0 Å². The third-order valence-corrected chi connectivity index (χ3v) is 7.01. The number of hydrogen-bond acceptors (Lipinski definition) is 5. The van der Waals surface area contributed by atoms with E-state index in [9.17, 15) is 13.2 Å². The molecule has 164 valence electrons. The minimum absolute atomic E-state index is 0.0305. The van der Waals surface area contributed by atoms with Crippen LogP contribution in [0.4, 0.5) is 0 Å². The summed E-state index contributed by atoms with van der Waals surface area (Å²) in [5, 5.41) is 2.97. The second kappa shape index (κ2) is 9.61. The van der Waals surface area contributed by atoms with Gasteiger partial charge in [-0.3, -0.25) is 4.79 Å². The van der Waals surface area contributed by atoms with E-state index in [0.29, 0.717) is 32.5 Å². The van der Waals surface area contributed by atoms with Gasteiger partial charge < -0.3 is 14.6 Å². The van der Waals surface area contributed by atoms with E-state index in [1.54, 1.807) is 10.8 Å². The number of piperidine rings is 1. The minimum atomic E-state index is -3.72. The summed E-state index contributed by atoms with van der Waals surface area (Å²) in [7, 11) is -3.72. The normalized spacial score (nSPS) is 17.8. The van der Waals surface area contributed by atoms with Gasteiger partial charge in [-0.05, 0) is 39.7 Å².